The second-order valence-electron chi connectivity index (χ2n) is 2.46. The molecule has 0 aromatic rings. The van der Waals surface area contributed by atoms with Crippen LogP contribution in [-0.4, -0.2) is 12.4 Å². The van der Waals surface area contributed by atoms with Crippen LogP contribution in [0.25, 0.3) is 0 Å². The zero-order valence-corrected chi connectivity index (χ0v) is 6.59. The van der Waals surface area contributed by atoms with Crippen molar-refractivity contribution in [3.63, 3.8) is 0 Å². The normalized spacial score (nSPS) is 23.8. The van der Waals surface area contributed by atoms with Crippen molar-refractivity contribution < 1.29 is 0 Å². The van der Waals surface area contributed by atoms with E-state index in [1.54, 1.807) is 6.34 Å². The van der Waals surface area contributed by atoms with Crippen molar-refractivity contribution in [2.45, 2.75) is 32.7 Å². The molecule has 1 atom stereocenters. The second kappa shape index (κ2) is 3.40. The molecule has 0 saturated heterocycles. The van der Waals surface area contributed by atoms with Gasteiger partial charge in [-0.15, -0.1) is 0 Å². The zero-order chi connectivity index (χ0) is 7.40. The molecule has 0 radical (unpaired) electrons. The average Bonchev–Trinajstić information content (AvgIpc) is 2.04. The molecule has 1 unspecified atom stereocenters. The Kier molecular flexibility index (Phi) is 2.49. The fraction of sp³-hybridized carbons (Fsp3) is 0.625. The van der Waals surface area contributed by atoms with Crippen LogP contribution >= 0.6 is 0 Å². The first kappa shape index (κ1) is 7.32. The Bertz CT molecular complexity index is 159. The first-order chi connectivity index (χ1) is 4.88. The molecule has 1 aliphatic rings. The summed E-state index contributed by atoms with van der Waals surface area (Å²) in [6.45, 7) is 4.34. The van der Waals surface area contributed by atoms with Gasteiger partial charge in [0.1, 0.15) is 0 Å². The molecule has 1 aliphatic heterocycles. The van der Waals surface area contributed by atoms with E-state index in [9.17, 15) is 0 Å². The largest absolute Gasteiger partial charge is 0.370 e. The Balaban J connectivity index is 2.61. The number of rotatable bonds is 2. The van der Waals surface area contributed by atoms with Crippen molar-refractivity contribution in [3.8, 4) is 0 Å². The molecule has 0 saturated carbocycles. The van der Waals surface area contributed by atoms with Crippen LogP contribution in [0, 0.1) is 0 Å². The minimum Gasteiger partial charge on any atom is -0.370 e. The molecule has 0 aromatic carbocycles. The maximum absolute atomic E-state index is 4.03. The summed E-state index contributed by atoms with van der Waals surface area (Å²) in [4.78, 5) is 4.03. The molecule has 10 heavy (non-hydrogen) atoms. The highest BCUT2D eigenvalue weighted by molar-refractivity contribution is 5.58. The summed E-state index contributed by atoms with van der Waals surface area (Å²) in [5, 5.41) is 3.21. The van der Waals surface area contributed by atoms with Gasteiger partial charge in [0.15, 0.2) is 0 Å². The lowest BCUT2D eigenvalue weighted by Crippen LogP contribution is -2.30. The Labute approximate surface area is 62.0 Å². The van der Waals surface area contributed by atoms with E-state index >= 15 is 0 Å². The van der Waals surface area contributed by atoms with E-state index in [1.165, 1.54) is 5.57 Å². The van der Waals surface area contributed by atoms with Gasteiger partial charge in [0, 0.05) is 12.2 Å². The summed E-state index contributed by atoms with van der Waals surface area (Å²) in [5.41, 5.74) is 1.41. The van der Waals surface area contributed by atoms with Crippen LogP contribution in [0.3, 0.4) is 0 Å². The van der Waals surface area contributed by atoms with E-state index in [0.717, 1.165) is 12.8 Å². The molecule has 0 aliphatic carbocycles. The highest BCUT2D eigenvalue weighted by Crippen LogP contribution is 2.11. The fourth-order valence-electron chi connectivity index (χ4n) is 1.18. The van der Waals surface area contributed by atoms with E-state index in [-0.39, 0.29) is 0 Å². The van der Waals surface area contributed by atoms with E-state index in [4.69, 9.17) is 0 Å². The molecular formula is C8H14N2. The minimum atomic E-state index is 0.530. The van der Waals surface area contributed by atoms with Gasteiger partial charge in [0.2, 0.25) is 0 Å². The molecule has 1 N–H and O–H groups in total. The Morgan fingerprint density at radius 1 is 1.60 bits per heavy atom. The van der Waals surface area contributed by atoms with Crippen LogP contribution in [0.5, 0.6) is 0 Å². The second-order valence-corrected chi connectivity index (χ2v) is 2.46. The quantitative estimate of drug-likeness (QED) is 0.617. The van der Waals surface area contributed by atoms with Crippen LogP contribution < -0.4 is 5.32 Å². The third-order valence-electron chi connectivity index (χ3n) is 1.85. The van der Waals surface area contributed by atoms with E-state index in [0.29, 0.717) is 6.04 Å². The van der Waals surface area contributed by atoms with Crippen LogP contribution in [0.15, 0.2) is 16.8 Å². The summed E-state index contributed by atoms with van der Waals surface area (Å²) in [6, 6.07) is 0.530. The average molecular weight is 138 g/mol. The summed E-state index contributed by atoms with van der Waals surface area (Å²) in [7, 11) is 0. The van der Waals surface area contributed by atoms with Gasteiger partial charge in [-0.2, -0.15) is 0 Å². The van der Waals surface area contributed by atoms with Crippen LogP contribution in [0.2, 0.25) is 0 Å². The van der Waals surface area contributed by atoms with Crippen molar-refractivity contribution in [2.24, 2.45) is 4.99 Å². The van der Waals surface area contributed by atoms with Gasteiger partial charge in [-0.25, -0.2) is 4.99 Å². The molecule has 0 amide bonds. The van der Waals surface area contributed by atoms with Crippen molar-refractivity contribution >= 4 is 6.34 Å². The zero-order valence-electron chi connectivity index (χ0n) is 6.59. The van der Waals surface area contributed by atoms with Gasteiger partial charge in [-0.1, -0.05) is 13.8 Å². The Morgan fingerprint density at radius 2 is 2.40 bits per heavy atom. The lowest BCUT2D eigenvalue weighted by atomic mass is 10.0. The van der Waals surface area contributed by atoms with E-state index < -0.39 is 0 Å². The Hall–Kier alpha value is -0.790. The number of aliphatic imine (C=N–C) groups is 1. The summed E-state index contributed by atoms with van der Waals surface area (Å²) in [5.74, 6) is 0. The molecule has 1 heterocycles. The van der Waals surface area contributed by atoms with Gasteiger partial charge >= 0.3 is 0 Å². The fourth-order valence-corrected chi connectivity index (χ4v) is 1.18. The molecule has 56 valence electrons. The minimum absolute atomic E-state index is 0.530. The SMILES string of the molecule is CCC1=CN=CNC1CC. The van der Waals surface area contributed by atoms with Crippen molar-refractivity contribution in [3.05, 3.63) is 11.8 Å². The van der Waals surface area contributed by atoms with Crippen LogP contribution in [0.4, 0.5) is 0 Å². The van der Waals surface area contributed by atoms with Crippen molar-refractivity contribution in [1.82, 2.24) is 5.32 Å². The summed E-state index contributed by atoms with van der Waals surface area (Å²) >= 11 is 0. The number of hydrogen-bond donors (Lipinski definition) is 1. The van der Waals surface area contributed by atoms with Crippen LogP contribution in [-0.2, 0) is 0 Å². The highest BCUT2D eigenvalue weighted by Gasteiger charge is 2.09. The van der Waals surface area contributed by atoms with Crippen molar-refractivity contribution in [1.29, 1.82) is 0 Å². The molecule has 0 bridgehead atoms. The third-order valence-corrected chi connectivity index (χ3v) is 1.85. The maximum Gasteiger partial charge on any atom is 0.0883 e. The molecule has 0 aromatic heterocycles. The number of hydrogen-bond acceptors (Lipinski definition) is 2. The number of nitrogens with zero attached hydrogens (tertiary/aromatic N) is 1. The topological polar surface area (TPSA) is 24.4 Å². The molecule has 2 nitrogen and oxygen atoms in total. The first-order valence-corrected chi connectivity index (χ1v) is 3.85. The van der Waals surface area contributed by atoms with E-state index in [2.05, 4.69) is 24.2 Å². The van der Waals surface area contributed by atoms with E-state index in [1.807, 2.05) is 6.20 Å². The first-order valence-electron chi connectivity index (χ1n) is 3.85. The summed E-state index contributed by atoms with van der Waals surface area (Å²) in [6.07, 6.45) is 5.98. The number of nitrogens with one attached hydrogen (secondary N) is 1. The monoisotopic (exact) mass is 138 g/mol. The molecular weight excluding hydrogens is 124 g/mol. The van der Waals surface area contributed by atoms with Gasteiger partial charge in [-0.3, -0.25) is 0 Å². The lowest BCUT2D eigenvalue weighted by Gasteiger charge is -2.19. The van der Waals surface area contributed by atoms with Gasteiger partial charge in [-0.05, 0) is 18.4 Å². The van der Waals surface area contributed by atoms with Gasteiger partial charge < -0.3 is 5.32 Å². The highest BCUT2D eigenvalue weighted by atomic mass is 15.0. The molecule has 0 spiro atoms. The maximum atomic E-state index is 4.03. The predicted molar refractivity (Wildman–Crippen MR) is 44.1 cm³/mol. The third kappa shape index (κ3) is 1.38. The van der Waals surface area contributed by atoms with Gasteiger partial charge in [0.25, 0.3) is 0 Å². The summed E-state index contributed by atoms with van der Waals surface area (Å²) < 4.78 is 0. The predicted octanol–water partition coefficient (Wildman–Crippen LogP) is 1.69. The Morgan fingerprint density at radius 3 is 2.90 bits per heavy atom. The molecule has 0 fully saturated rings. The van der Waals surface area contributed by atoms with Crippen molar-refractivity contribution in [2.75, 3.05) is 0 Å². The lowest BCUT2D eigenvalue weighted by molar-refractivity contribution is 0.643. The molecule has 2 heteroatoms. The smallest absolute Gasteiger partial charge is 0.0883 e. The van der Waals surface area contributed by atoms with Gasteiger partial charge in [0.05, 0.1) is 6.34 Å². The molecule has 1 rings (SSSR count). The van der Waals surface area contributed by atoms with Crippen LogP contribution in [0.1, 0.15) is 26.7 Å². The standard InChI is InChI=1S/C8H14N2/c1-3-7-5-9-6-10-8(7)4-2/h5-6,8H,3-4H2,1-2H3,(H,9,10).